The van der Waals surface area contributed by atoms with Crippen molar-refractivity contribution >= 4 is 22.9 Å². The standard InChI is InChI=1S/C17H23N3OS/c1-11(18)16-20-14(10-22-16)9-15(21)19-13-7-5-12(6-8-13)17(2,3)4/h5-8,10-11H,9,18H2,1-4H3,(H,19,21). The maximum Gasteiger partial charge on any atom is 0.230 e. The average Bonchev–Trinajstić information content (AvgIpc) is 2.86. The highest BCUT2D eigenvalue weighted by atomic mass is 32.1. The Labute approximate surface area is 135 Å². The molecule has 0 bridgehead atoms. The highest BCUT2D eigenvalue weighted by Gasteiger charge is 2.14. The number of carbonyl (C=O) groups is 1. The van der Waals surface area contributed by atoms with Crippen LogP contribution in [0.5, 0.6) is 0 Å². The van der Waals surface area contributed by atoms with Crippen LogP contribution in [0.1, 0.15) is 50.0 Å². The summed E-state index contributed by atoms with van der Waals surface area (Å²) in [5.41, 5.74) is 8.70. The van der Waals surface area contributed by atoms with Crippen molar-refractivity contribution < 1.29 is 4.79 Å². The van der Waals surface area contributed by atoms with Gasteiger partial charge in [0.2, 0.25) is 5.91 Å². The maximum atomic E-state index is 12.1. The Hall–Kier alpha value is -1.72. The minimum Gasteiger partial charge on any atom is -0.326 e. The summed E-state index contributed by atoms with van der Waals surface area (Å²) in [6, 6.07) is 7.88. The van der Waals surface area contributed by atoms with E-state index in [0.717, 1.165) is 16.4 Å². The van der Waals surface area contributed by atoms with Crippen LogP contribution >= 0.6 is 11.3 Å². The van der Waals surface area contributed by atoms with E-state index in [9.17, 15) is 4.79 Å². The zero-order valence-corrected chi connectivity index (χ0v) is 14.3. The number of nitrogens with one attached hydrogen (secondary N) is 1. The van der Waals surface area contributed by atoms with Gasteiger partial charge in [-0.3, -0.25) is 4.79 Å². The van der Waals surface area contributed by atoms with Gasteiger partial charge in [-0.25, -0.2) is 4.98 Å². The van der Waals surface area contributed by atoms with E-state index in [4.69, 9.17) is 5.73 Å². The van der Waals surface area contributed by atoms with Crippen molar-refractivity contribution in [1.82, 2.24) is 4.98 Å². The van der Waals surface area contributed by atoms with E-state index >= 15 is 0 Å². The Kier molecular flexibility index (Phi) is 4.98. The fraction of sp³-hybridized carbons (Fsp3) is 0.412. The number of carbonyl (C=O) groups excluding carboxylic acids is 1. The lowest BCUT2D eigenvalue weighted by atomic mass is 9.87. The topological polar surface area (TPSA) is 68.0 Å². The first-order chi connectivity index (χ1) is 10.3. The van der Waals surface area contributed by atoms with Crippen LogP contribution in [0.25, 0.3) is 0 Å². The minimum absolute atomic E-state index is 0.0648. The summed E-state index contributed by atoms with van der Waals surface area (Å²) in [5, 5.41) is 5.65. The van der Waals surface area contributed by atoms with Crippen LogP contribution in [0.2, 0.25) is 0 Å². The van der Waals surface area contributed by atoms with E-state index in [-0.39, 0.29) is 23.8 Å². The first kappa shape index (κ1) is 16.6. The molecule has 0 aliphatic carbocycles. The lowest BCUT2D eigenvalue weighted by Gasteiger charge is -2.19. The van der Waals surface area contributed by atoms with Crippen molar-refractivity contribution in [2.45, 2.75) is 45.6 Å². The van der Waals surface area contributed by atoms with E-state index in [1.54, 1.807) is 0 Å². The molecule has 22 heavy (non-hydrogen) atoms. The Morgan fingerprint density at radius 3 is 2.45 bits per heavy atom. The minimum atomic E-state index is -0.0910. The summed E-state index contributed by atoms with van der Waals surface area (Å²) < 4.78 is 0. The number of thiazole rings is 1. The molecule has 1 atom stereocenters. The van der Waals surface area contributed by atoms with Crippen molar-refractivity contribution in [3.63, 3.8) is 0 Å². The zero-order chi connectivity index (χ0) is 16.3. The van der Waals surface area contributed by atoms with Crippen molar-refractivity contribution in [2.75, 3.05) is 5.32 Å². The van der Waals surface area contributed by atoms with Gasteiger partial charge in [0, 0.05) is 11.1 Å². The van der Waals surface area contributed by atoms with E-state index in [2.05, 4.69) is 31.1 Å². The molecular formula is C17H23N3OS. The number of nitrogens with zero attached hydrogens (tertiary/aromatic N) is 1. The van der Waals surface area contributed by atoms with E-state index in [1.165, 1.54) is 16.9 Å². The van der Waals surface area contributed by atoms with Gasteiger partial charge in [0.25, 0.3) is 0 Å². The molecule has 2 aromatic rings. The third kappa shape index (κ3) is 4.39. The summed E-state index contributed by atoms with van der Waals surface area (Å²) in [4.78, 5) is 16.4. The number of amides is 1. The van der Waals surface area contributed by atoms with Crippen LogP contribution in [-0.4, -0.2) is 10.9 Å². The molecule has 1 amide bonds. The van der Waals surface area contributed by atoms with E-state index in [0.29, 0.717) is 0 Å². The molecule has 2 rings (SSSR count). The van der Waals surface area contributed by atoms with Crippen LogP contribution in [0.3, 0.4) is 0 Å². The fourth-order valence-corrected chi connectivity index (χ4v) is 2.81. The van der Waals surface area contributed by atoms with Gasteiger partial charge in [-0.2, -0.15) is 0 Å². The SMILES string of the molecule is CC(N)c1nc(CC(=O)Nc2ccc(C(C)(C)C)cc2)cs1. The number of nitrogens with two attached hydrogens (primary N) is 1. The Morgan fingerprint density at radius 2 is 1.95 bits per heavy atom. The number of aromatic nitrogens is 1. The van der Waals surface area contributed by atoms with Gasteiger partial charge < -0.3 is 11.1 Å². The predicted octanol–water partition coefficient (Wildman–Crippen LogP) is 3.64. The normalized spacial score (nSPS) is 13.0. The molecule has 4 nitrogen and oxygen atoms in total. The lowest BCUT2D eigenvalue weighted by Crippen LogP contribution is -2.15. The molecule has 3 N–H and O–H groups in total. The first-order valence-electron chi connectivity index (χ1n) is 7.36. The number of anilines is 1. The summed E-state index contributed by atoms with van der Waals surface area (Å²) in [6.45, 7) is 8.38. The van der Waals surface area contributed by atoms with Gasteiger partial charge in [-0.05, 0) is 30.0 Å². The fourth-order valence-electron chi connectivity index (χ4n) is 2.04. The summed E-state index contributed by atoms with van der Waals surface area (Å²) >= 11 is 1.49. The molecule has 0 aliphatic heterocycles. The average molecular weight is 317 g/mol. The van der Waals surface area contributed by atoms with Gasteiger partial charge >= 0.3 is 0 Å². The summed E-state index contributed by atoms with van der Waals surface area (Å²) in [7, 11) is 0. The zero-order valence-electron chi connectivity index (χ0n) is 13.5. The van der Waals surface area contributed by atoms with Crippen LogP contribution in [0.4, 0.5) is 5.69 Å². The van der Waals surface area contributed by atoms with Gasteiger partial charge in [0.15, 0.2) is 0 Å². The second kappa shape index (κ2) is 6.58. The molecule has 1 aromatic carbocycles. The largest absolute Gasteiger partial charge is 0.326 e. The Balaban J connectivity index is 1.96. The molecule has 0 saturated heterocycles. The van der Waals surface area contributed by atoms with Gasteiger partial charge in [0.1, 0.15) is 5.01 Å². The third-order valence-electron chi connectivity index (χ3n) is 3.34. The number of hydrogen-bond donors (Lipinski definition) is 2. The second-order valence-electron chi connectivity index (χ2n) is 6.52. The molecule has 1 aromatic heterocycles. The number of hydrogen-bond acceptors (Lipinski definition) is 4. The van der Waals surface area contributed by atoms with Gasteiger partial charge in [-0.15, -0.1) is 11.3 Å². The summed E-state index contributed by atoms with van der Waals surface area (Å²) in [5.74, 6) is -0.0648. The van der Waals surface area contributed by atoms with Gasteiger partial charge in [0.05, 0.1) is 18.2 Å². The van der Waals surface area contributed by atoms with Crippen molar-refractivity contribution in [1.29, 1.82) is 0 Å². The monoisotopic (exact) mass is 317 g/mol. The quantitative estimate of drug-likeness (QED) is 0.904. The molecule has 0 saturated carbocycles. The second-order valence-corrected chi connectivity index (χ2v) is 7.41. The number of rotatable bonds is 4. The Morgan fingerprint density at radius 1 is 1.32 bits per heavy atom. The van der Waals surface area contributed by atoms with Crippen LogP contribution in [0, 0.1) is 0 Å². The van der Waals surface area contributed by atoms with Crippen LogP contribution in [-0.2, 0) is 16.6 Å². The highest BCUT2D eigenvalue weighted by molar-refractivity contribution is 7.09. The smallest absolute Gasteiger partial charge is 0.230 e. The number of benzene rings is 1. The van der Waals surface area contributed by atoms with Crippen LogP contribution in [0.15, 0.2) is 29.6 Å². The van der Waals surface area contributed by atoms with Crippen molar-refractivity contribution in [3.05, 3.63) is 45.9 Å². The highest BCUT2D eigenvalue weighted by Crippen LogP contribution is 2.23. The molecular weight excluding hydrogens is 294 g/mol. The molecule has 1 heterocycles. The molecule has 0 aliphatic rings. The first-order valence-corrected chi connectivity index (χ1v) is 8.24. The van der Waals surface area contributed by atoms with Crippen molar-refractivity contribution in [2.24, 2.45) is 5.73 Å². The molecule has 118 valence electrons. The van der Waals surface area contributed by atoms with Gasteiger partial charge in [-0.1, -0.05) is 32.9 Å². The molecule has 1 unspecified atom stereocenters. The molecule has 0 radical (unpaired) electrons. The third-order valence-corrected chi connectivity index (χ3v) is 4.43. The molecule has 0 spiro atoms. The van der Waals surface area contributed by atoms with E-state index < -0.39 is 0 Å². The molecule has 0 fully saturated rings. The predicted molar refractivity (Wildman–Crippen MR) is 92.2 cm³/mol. The van der Waals surface area contributed by atoms with Crippen molar-refractivity contribution in [3.8, 4) is 0 Å². The van der Waals surface area contributed by atoms with E-state index in [1.807, 2.05) is 36.6 Å². The maximum absolute atomic E-state index is 12.1. The molecule has 5 heteroatoms. The summed E-state index contributed by atoms with van der Waals surface area (Å²) in [6.07, 6.45) is 0.268. The lowest BCUT2D eigenvalue weighted by molar-refractivity contribution is -0.115. The Bertz CT molecular complexity index is 639. The van der Waals surface area contributed by atoms with Crippen LogP contribution < -0.4 is 11.1 Å².